The molecule has 0 amide bonds. The highest BCUT2D eigenvalue weighted by molar-refractivity contribution is 5.87. The fourth-order valence-corrected chi connectivity index (χ4v) is 4.08. The predicted molar refractivity (Wildman–Crippen MR) is 84.4 cm³/mol. The molecule has 4 rings (SSSR count). The molecule has 2 fully saturated rings. The maximum Gasteiger partial charge on any atom is 0.318 e. The number of hydrogen-bond donors (Lipinski definition) is 1. The summed E-state index contributed by atoms with van der Waals surface area (Å²) in [6, 6.07) is 20.3. The van der Waals surface area contributed by atoms with Crippen molar-refractivity contribution in [2.24, 2.45) is 5.92 Å². The number of carbonyl (C=O) groups is 1. The number of fused-ring (bicyclic) bond motifs is 1. The number of piperidine rings is 1. The number of nitrogens with one attached hydrogen (secondary N) is 1. The molecule has 0 aliphatic carbocycles. The second-order valence-electron chi connectivity index (χ2n) is 6.12. The molecule has 0 bridgehead atoms. The van der Waals surface area contributed by atoms with E-state index in [-0.39, 0.29) is 17.9 Å². The molecule has 2 saturated heterocycles. The van der Waals surface area contributed by atoms with Gasteiger partial charge < -0.3 is 10.1 Å². The zero-order valence-corrected chi connectivity index (χ0v) is 12.4. The largest absolute Gasteiger partial charge is 0.465 e. The summed E-state index contributed by atoms with van der Waals surface area (Å²) in [6.45, 7) is 1.44. The smallest absolute Gasteiger partial charge is 0.318 e. The van der Waals surface area contributed by atoms with Crippen LogP contribution in [-0.2, 0) is 14.9 Å². The van der Waals surface area contributed by atoms with E-state index in [2.05, 4.69) is 29.6 Å². The summed E-state index contributed by atoms with van der Waals surface area (Å²) in [5.41, 5.74) is 1.60. The molecule has 1 N–H and O–H groups in total. The molecule has 3 unspecified atom stereocenters. The Morgan fingerprint density at radius 3 is 2.41 bits per heavy atom. The number of ether oxygens (including phenoxy) is 1. The molecule has 2 aliphatic heterocycles. The maximum atomic E-state index is 12.9. The molecule has 0 radical (unpaired) electrons. The van der Waals surface area contributed by atoms with Crippen molar-refractivity contribution in [2.75, 3.05) is 13.2 Å². The van der Waals surface area contributed by atoms with Crippen molar-refractivity contribution in [2.45, 2.75) is 17.9 Å². The van der Waals surface area contributed by atoms with Crippen LogP contribution in [0.4, 0.5) is 0 Å². The first-order valence-electron chi connectivity index (χ1n) is 7.84. The van der Waals surface area contributed by atoms with Crippen molar-refractivity contribution < 1.29 is 9.53 Å². The molecule has 2 aromatic rings. The standard InChI is InChI=1S/C19H19NO2/c21-18-19(15-9-5-2-6-10-15)16(13-22-18)11-12-20-17(19)14-7-3-1-4-8-14/h1-10,16-17,20H,11-13H2. The third-order valence-corrected chi connectivity index (χ3v) is 5.08. The molecule has 2 heterocycles. The summed E-state index contributed by atoms with van der Waals surface area (Å²) in [5, 5.41) is 3.58. The molecule has 2 aliphatic rings. The average molecular weight is 293 g/mol. The van der Waals surface area contributed by atoms with E-state index in [0.29, 0.717) is 6.61 Å². The molecule has 0 aromatic heterocycles. The van der Waals surface area contributed by atoms with Gasteiger partial charge in [0.2, 0.25) is 0 Å². The van der Waals surface area contributed by atoms with E-state index < -0.39 is 5.41 Å². The highest BCUT2D eigenvalue weighted by Gasteiger charge is 2.60. The van der Waals surface area contributed by atoms with E-state index in [1.54, 1.807) is 0 Å². The van der Waals surface area contributed by atoms with Gasteiger partial charge in [0.1, 0.15) is 5.41 Å². The molecular formula is C19H19NO2. The van der Waals surface area contributed by atoms with Crippen LogP contribution in [0.5, 0.6) is 0 Å². The van der Waals surface area contributed by atoms with Gasteiger partial charge in [0.25, 0.3) is 0 Å². The summed E-state index contributed by atoms with van der Waals surface area (Å²) in [4.78, 5) is 12.9. The van der Waals surface area contributed by atoms with Gasteiger partial charge in [-0.25, -0.2) is 0 Å². The van der Waals surface area contributed by atoms with Gasteiger partial charge in [0.05, 0.1) is 12.6 Å². The molecule has 2 aromatic carbocycles. The minimum atomic E-state index is -0.610. The minimum absolute atomic E-state index is 0.0372. The van der Waals surface area contributed by atoms with E-state index >= 15 is 0 Å². The average Bonchev–Trinajstić information content (AvgIpc) is 2.94. The molecule has 0 saturated carbocycles. The number of hydrogen-bond acceptors (Lipinski definition) is 3. The summed E-state index contributed by atoms with van der Waals surface area (Å²) >= 11 is 0. The van der Waals surface area contributed by atoms with Crippen LogP contribution in [-0.4, -0.2) is 19.1 Å². The van der Waals surface area contributed by atoms with E-state index in [0.717, 1.165) is 24.1 Å². The van der Waals surface area contributed by atoms with Crippen molar-refractivity contribution in [3.05, 3.63) is 71.8 Å². The predicted octanol–water partition coefficient (Wildman–Crippen LogP) is 2.83. The number of benzene rings is 2. The van der Waals surface area contributed by atoms with Crippen LogP contribution in [0.2, 0.25) is 0 Å². The van der Waals surface area contributed by atoms with Crippen LogP contribution in [0.3, 0.4) is 0 Å². The lowest BCUT2D eigenvalue weighted by Crippen LogP contribution is -2.53. The zero-order valence-electron chi connectivity index (χ0n) is 12.4. The Morgan fingerprint density at radius 1 is 1.00 bits per heavy atom. The van der Waals surface area contributed by atoms with Crippen LogP contribution in [0.25, 0.3) is 0 Å². The molecule has 0 spiro atoms. The van der Waals surface area contributed by atoms with E-state index in [9.17, 15) is 4.79 Å². The topological polar surface area (TPSA) is 38.3 Å². The lowest BCUT2D eigenvalue weighted by molar-refractivity contribution is -0.144. The van der Waals surface area contributed by atoms with Crippen LogP contribution in [0.15, 0.2) is 60.7 Å². The van der Waals surface area contributed by atoms with Gasteiger partial charge in [-0.1, -0.05) is 60.7 Å². The first-order valence-corrected chi connectivity index (χ1v) is 7.84. The Bertz CT molecular complexity index is 670. The van der Waals surface area contributed by atoms with Crippen molar-refractivity contribution in [3.63, 3.8) is 0 Å². The molecule has 3 nitrogen and oxygen atoms in total. The minimum Gasteiger partial charge on any atom is -0.465 e. The number of carbonyl (C=O) groups excluding carboxylic acids is 1. The normalized spacial score (nSPS) is 30.6. The van der Waals surface area contributed by atoms with E-state index in [1.807, 2.05) is 36.4 Å². The Balaban J connectivity index is 1.91. The first-order chi connectivity index (χ1) is 10.8. The fraction of sp³-hybridized carbons (Fsp3) is 0.316. The first kappa shape index (κ1) is 13.5. The second-order valence-corrected chi connectivity index (χ2v) is 6.12. The fourth-order valence-electron chi connectivity index (χ4n) is 4.08. The third kappa shape index (κ3) is 1.82. The quantitative estimate of drug-likeness (QED) is 0.865. The van der Waals surface area contributed by atoms with E-state index in [4.69, 9.17) is 4.74 Å². The van der Waals surface area contributed by atoms with Crippen molar-refractivity contribution in [1.29, 1.82) is 0 Å². The third-order valence-electron chi connectivity index (χ3n) is 5.08. The zero-order chi connectivity index (χ0) is 15.0. The molecule has 3 heteroatoms. The van der Waals surface area contributed by atoms with Gasteiger partial charge in [-0.05, 0) is 24.1 Å². The summed E-state index contributed by atoms with van der Waals surface area (Å²) in [7, 11) is 0. The van der Waals surface area contributed by atoms with Gasteiger partial charge in [-0.15, -0.1) is 0 Å². The lowest BCUT2D eigenvalue weighted by Gasteiger charge is -2.43. The SMILES string of the molecule is O=C1OCC2CCNC(c3ccccc3)C12c1ccccc1. The monoisotopic (exact) mass is 293 g/mol. The van der Waals surface area contributed by atoms with Crippen LogP contribution >= 0.6 is 0 Å². The molecule has 22 heavy (non-hydrogen) atoms. The van der Waals surface area contributed by atoms with Crippen LogP contribution < -0.4 is 5.32 Å². The van der Waals surface area contributed by atoms with Crippen LogP contribution in [0.1, 0.15) is 23.6 Å². The number of cyclic esters (lactones) is 1. The van der Waals surface area contributed by atoms with E-state index in [1.165, 1.54) is 0 Å². The molecule has 112 valence electrons. The van der Waals surface area contributed by atoms with Gasteiger partial charge in [-0.2, -0.15) is 0 Å². The highest BCUT2D eigenvalue weighted by Crippen LogP contribution is 2.51. The molecular weight excluding hydrogens is 274 g/mol. The Hall–Kier alpha value is -2.13. The van der Waals surface area contributed by atoms with Crippen LogP contribution in [0, 0.1) is 5.92 Å². The van der Waals surface area contributed by atoms with Gasteiger partial charge in [0.15, 0.2) is 0 Å². The second kappa shape index (κ2) is 5.25. The van der Waals surface area contributed by atoms with Crippen molar-refractivity contribution >= 4 is 5.97 Å². The Labute approximate surface area is 130 Å². The maximum absolute atomic E-state index is 12.9. The summed E-state index contributed by atoms with van der Waals surface area (Å²) in [5.74, 6) is 0.138. The number of esters is 1. The van der Waals surface area contributed by atoms with Crippen molar-refractivity contribution in [1.82, 2.24) is 5.32 Å². The Morgan fingerprint density at radius 2 is 1.68 bits per heavy atom. The van der Waals surface area contributed by atoms with Gasteiger partial charge in [0, 0.05) is 5.92 Å². The molecule has 3 atom stereocenters. The Kier molecular flexibility index (Phi) is 3.23. The highest BCUT2D eigenvalue weighted by atomic mass is 16.5. The van der Waals surface area contributed by atoms with Crippen molar-refractivity contribution in [3.8, 4) is 0 Å². The lowest BCUT2D eigenvalue weighted by atomic mass is 9.62. The van der Waals surface area contributed by atoms with Gasteiger partial charge >= 0.3 is 5.97 Å². The van der Waals surface area contributed by atoms with Gasteiger partial charge in [-0.3, -0.25) is 4.79 Å². The summed E-state index contributed by atoms with van der Waals surface area (Å²) in [6.07, 6.45) is 0.962. The number of rotatable bonds is 2. The summed E-state index contributed by atoms with van der Waals surface area (Å²) < 4.78 is 5.53.